The van der Waals surface area contributed by atoms with Crippen LogP contribution in [0, 0.1) is 0 Å². The van der Waals surface area contributed by atoms with Crippen molar-refractivity contribution in [3.8, 4) is 0 Å². The van der Waals surface area contributed by atoms with Crippen LogP contribution in [0.1, 0.15) is 18.2 Å². The minimum atomic E-state index is -0.464. The maximum atomic E-state index is 12.0. The van der Waals surface area contributed by atoms with E-state index < -0.39 is 6.04 Å². The minimum Gasteiger partial charge on any atom is -0.467 e. The summed E-state index contributed by atoms with van der Waals surface area (Å²) in [5, 5.41) is 12.1. The molecule has 2 heterocycles. The fraction of sp³-hybridized carbons (Fsp3) is 0.615. The number of aliphatic hydroxyl groups is 1. The van der Waals surface area contributed by atoms with Crippen molar-refractivity contribution < 1.29 is 14.3 Å². The normalized spacial score (nSPS) is 20.7. The number of aliphatic hydroxyl groups excluding tert-OH is 1. The molecule has 2 unspecified atom stereocenters. The molecule has 2 atom stereocenters. The summed E-state index contributed by atoms with van der Waals surface area (Å²) in [5.41, 5.74) is 0. The summed E-state index contributed by atoms with van der Waals surface area (Å²) in [6.07, 6.45) is 2.67. The molecule has 106 valence electrons. The second-order valence-electron chi connectivity index (χ2n) is 4.75. The highest BCUT2D eigenvalue weighted by Crippen LogP contribution is 2.21. The highest BCUT2D eigenvalue weighted by Gasteiger charge is 2.23. The molecule has 19 heavy (non-hydrogen) atoms. The molecule has 0 aliphatic carbocycles. The van der Waals surface area contributed by atoms with Crippen LogP contribution >= 0.6 is 11.8 Å². The molecule has 1 aliphatic rings. The van der Waals surface area contributed by atoms with E-state index in [1.807, 2.05) is 18.8 Å². The van der Waals surface area contributed by atoms with Gasteiger partial charge in [-0.25, -0.2) is 0 Å². The molecule has 1 aromatic heterocycles. The molecule has 1 aliphatic heterocycles. The number of hydrogen-bond donors (Lipinski definition) is 2. The number of nitrogens with zero attached hydrogens (tertiary/aromatic N) is 1. The van der Waals surface area contributed by atoms with E-state index in [-0.39, 0.29) is 12.5 Å². The fourth-order valence-corrected chi connectivity index (χ4v) is 3.46. The zero-order valence-electron chi connectivity index (χ0n) is 11.0. The zero-order chi connectivity index (χ0) is 13.7. The van der Waals surface area contributed by atoms with Gasteiger partial charge >= 0.3 is 0 Å². The lowest BCUT2D eigenvalue weighted by Crippen LogP contribution is -2.42. The maximum Gasteiger partial charge on any atom is 0.234 e. The fourth-order valence-electron chi connectivity index (χ4n) is 2.16. The van der Waals surface area contributed by atoms with E-state index in [1.165, 1.54) is 12.0 Å². The van der Waals surface area contributed by atoms with Gasteiger partial charge in [-0.15, -0.1) is 0 Å². The number of carbonyl (C=O) groups is 1. The summed E-state index contributed by atoms with van der Waals surface area (Å²) in [5.74, 6) is 2.75. The van der Waals surface area contributed by atoms with Crippen LogP contribution < -0.4 is 5.32 Å². The predicted molar refractivity (Wildman–Crippen MR) is 75.0 cm³/mol. The SMILES string of the molecule is CN(CC(=O)NC(CO)c1ccco1)C1CCSC1. The molecule has 5 nitrogen and oxygen atoms in total. The van der Waals surface area contributed by atoms with E-state index in [0.717, 1.165) is 12.2 Å². The molecule has 1 fully saturated rings. The molecule has 0 spiro atoms. The van der Waals surface area contributed by atoms with Gasteiger partial charge in [0.1, 0.15) is 11.8 Å². The number of rotatable bonds is 6. The number of amides is 1. The minimum absolute atomic E-state index is 0.0881. The van der Waals surface area contributed by atoms with Crippen LogP contribution in [0.2, 0.25) is 0 Å². The molecular weight excluding hydrogens is 264 g/mol. The summed E-state index contributed by atoms with van der Waals surface area (Å²) >= 11 is 1.93. The van der Waals surface area contributed by atoms with Crippen LogP contribution in [-0.4, -0.2) is 53.7 Å². The van der Waals surface area contributed by atoms with Crippen molar-refractivity contribution in [3.63, 3.8) is 0 Å². The first-order valence-electron chi connectivity index (χ1n) is 6.42. The van der Waals surface area contributed by atoms with Gasteiger partial charge < -0.3 is 14.8 Å². The molecule has 2 rings (SSSR count). The van der Waals surface area contributed by atoms with E-state index >= 15 is 0 Å². The first kappa shape index (κ1) is 14.4. The van der Waals surface area contributed by atoms with Crippen molar-refractivity contribution in [3.05, 3.63) is 24.2 Å². The average Bonchev–Trinajstić information content (AvgIpc) is 3.07. The van der Waals surface area contributed by atoms with Crippen LogP contribution in [0.5, 0.6) is 0 Å². The Morgan fingerprint density at radius 2 is 2.58 bits per heavy atom. The number of thioether (sulfide) groups is 1. The van der Waals surface area contributed by atoms with E-state index in [2.05, 4.69) is 10.2 Å². The van der Waals surface area contributed by atoms with Crippen LogP contribution in [-0.2, 0) is 4.79 Å². The third-order valence-corrected chi connectivity index (χ3v) is 4.47. The van der Waals surface area contributed by atoms with Gasteiger partial charge in [0.25, 0.3) is 0 Å². The zero-order valence-corrected chi connectivity index (χ0v) is 11.9. The van der Waals surface area contributed by atoms with Gasteiger partial charge in [0.15, 0.2) is 0 Å². The highest BCUT2D eigenvalue weighted by molar-refractivity contribution is 7.99. The molecular formula is C13H20N2O3S. The van der Waals surface area contributed by atoms with Crippen molar-refractivity contribution in [2.24, 2.45) is 0 Å². The van der Waals surface area contributed by atoms with Crippen molar-refractivity contribution in [2.75, 3.05) is 31.7 Å². The molecule has 0 saturated carbocycles. The van der Waals surface area contributed by atoms with Gasteiger partial charge in [-0.05, 0) is 31.4 Å². The third-order valence-electron chi connectivity index (χ3n) is 3.33. The van der Waals surface area contributed by atoms with Crippen molar-refractivity contribution in [2.45, 2.75) is 18.5 Å². The second kappa shape index (κ2) is 6.98. The molecule has 0 radical (unpaired) electrons. The molecule has 1 saturated heterocycles. The number of nitrogens with one attached hydrogen (secondary N) is 1. The summed E-state index contributed by atoms with van der Waals surface area (Å²) < 4.78 is 5.20. The Balaban J connectivity index is 1.82. The standard InChI is InChI=1S/C13H20N2O3S/c1-15(10-4-6-19-9-10)7-13(17)14-11(8-16)12-3-2-5-18-12/h2-3,5,10-11,16H,4,6-9H2,1H3,(H,14,17). The average molecular weight is 284 g/mol. The molecule has 0 bridgehead atoms. The molecule has 0 aromatic carbocycles. The number of hydrogen-bond acceptors (Lipinski definition) is 5. The Labute approximate surface area is 117 Å². The maximum absolute atomic E-state index is 12.0. The Kier molecular flexibility index (Phi) is 5.30. The lowest BCUT2D eigenvalue weighted by molar-refractivity contribution is -0.123. The van der Waals surface area contributed by atoms with Crippen molar-refractivity contribution >= 4 is 17.7 Å². The lowest BCUT2D eigenvalue weighted by Gasteiger charge is -2.23. The third kappa shape index (κ3) is 3.99. The topological polar surface area (TPSA) is 65.7 Å². The molecule has 2 N–H and O–H groups in total. The van der Waals surface area contributed by atoms with Gasteiger partial charge in [-0.1, -0.05) is 0 Å². The van der Waals surface area contributed by atoms with Crippen molar-refractivity contribution in [1.82, 2.24) is 10.2 Å². The summed E-state index contributed by atoms with van der Waals surface area (Å²) in [6, 6.07) is 3.51. The summed E-state index contributed by atoms with van der Waals surface area (Å²) in [6.45, 7) is 0.185. The van der Waals surface area contributed by atoms with Gasteiger partial charge in [0, 0.05) is 11.8 Å². The van der Waals surface area contributed by atoms with Gasteiger partial charge in [-0.3, -0.25) is 9.69 Å². The second-order valence-corrected chi connectivity index (χ2v) is 5.90. The summed E-state index contributed by atoms with van der Waals surface area (Å²) in [4.78, 5) is 14.0. The van der Waals surface area contributed by atoms with E-state index in [4.69, 9.17) is 4.42 Å². The first-order chi connectivity index (χ1) is 9.20. The quantitative estimate of drug-likeness (QED) is 0.811. The molecule has 6 heteroatoms. The van der Waals surface area contributed by atoms with Gasteiger partial charge in [0.05, 0.1) is 19.4 Å². The Morgan fingerprint density at radius 1 is 1.74 bits per heavy atom. The molecule has 1 amide bonds. The molecule has 1 aromatic rings. The predicted octanol–water partition coefficient (Wildman–Crippen LogP) is 0.866. The first-order valence-corrected chi connectivity index (χ1v) is 7.57. The van der Waals surface area contributed by atoms with Crippen LogP contribution in [0.15, 0.2) is 22.8 Å². The van der Waals surface area contributed by atoms with E-state index in [9.17, 15) is 9.90 Å². The Bertz CT molecular complexity index is 391. The monoisotopic (exact) mass is 284 g/mol. The van der Waals surface area contributed by atoms with Crippen LogP contribution in [0.3, 0.4) is 0 Å². The largest absolute Gasteiger partial charge is 0.467 e. The number of furan rings is 1. The Hall–Kier alpha value is -0.980. The summed E-state index contributed by atoms with van der Waals surface area (Å²) in [7, 11) is 1.97. The number of carbonyl (C=O) groups excluding carboxylic acids is 1. The number of likely N-dealkylation sites (N-methyl/N-ethyl adjacent to an activating group) is 1. The smallest absolute Gasteiger partial charge is 0.234 e. The van der Waals surface area contributed by atoms with Gasteiger partial charge in [-0.2, -0.15) is 11.8 Å². The highest BCUT2D eigenvalue weighted by atomic mass is 32.2. The van der Waals surface area contributed by atoms with Crippen LogP contribution in [0.4, 0.5) is 0 Å². The van der Waals surface area contributed by atoms with E-state index in [1.54, 1.807) is 12.1 Å². The lowest BCUT2D eigenvalue weighted by atomic mass is 10.2. The van der Waals surface area contributed by atoms with Gasteiger partial charge in [0.2, 0.25) is 5.91 Å². The van der Waals surface area contributed by atoms with Crippen LogP contribution in [0.25, 0.3) is 0 Å². The Morgan fingerprint density at radius 3 is 3.16 bits per heavy atom. The van der Waals surface area contributed by atoms with Crippen molar-refractivity contribution in [1.29, 1.82) is 0 Å². The van der Waals surface area contributed by atoms with E-state index in [0.29, 0.717) is 18.3 Å².